The van der Waals surface area contributed by atoms with Crippen molar-refractivity contribution in [2.24, 2.45) is 10.2 Å². The zero-order valence-electron chi connectivity index (χ0n) is 15.6. The number of aryl methyl sites for hydroxylation is 1. The van der Waals surface area contributed by atoms with Gasteiger partial charge in [-0.15, -0.1) is 11.3 Å². The van der Waals surface area contributed by atoms with Crippen LogP contribution in [0.2, 0.25) is 0 Å². The van der Waals surface area contributed by atoms with Crippen molar-refractivity contribution < 1.29 is 9.90 Å². The van der Waals surface area contributed by atoms with E-state index in [1.807, 2.05) is 78.2 Å². The van der Waals surface area contributed by atoms with Crippen LogP contribution in [0.4, 0.5) is 11.4 Å². The van der Waals surface area contributed by atoms with Gasteiger partial charge in [0.25, 0.3) is 0 Å². The molecule has 0 atom stereocenters. The summed E-state index contributed by atoms with van der Waals surface area (Å²) in [5.41, 5.74) is 4.55. The first kappa shape index (κ1) is 18.8. The Hall–Kier alpha value is -3.51. The molecule has 0 radical (unpaired) electrons. The number of nitrogens with zero attached hydrogens (tertiary/aromatic N) is 3. The first-order valence-electron chi connectivity index (χ1n) is 9.24. The molecule has 4 aromatic rings. The van der Waals surface area contributed by atoms with E-state index in [4.69, 9.17) is 5.11 Å². The van der Waals surface area contributed by atoms with Crippen LogP contribution in [0.5, 0.6) is 0 Å². The lowest BCUT2D eigenvalue weighted by atomic mass is 10.2. The minimum atomic E-state index is -0.799. The van der Waals surface area contributed by atoms with Crippen LogP contribution in [0.15, 0.2) is 94.5 Å². The predicted octanol–water partition coefficient (Wildman–Crippen LogP) is 6.64. The Morgan fingerprint density at radius 3 is 2.24 bits per heavy atom. The number of thiophene rings is 1. The second-order valence-corrected chi connectivity index (χ2v) is 7.42. The van der Waals surface area contributed by atoms with E-state index in [0.717, 1.165) is 33.3 Å². The van der Waals surface area contributed by atoms with Crippen molar-refractivity contribution in [3.63, 3.8) is 0 Å². The third-order valence-electron chi connectivity index (χ3n) is 4.48. The van der Waals surface area contributed by atoms with Crippen molar-refractivity contribution in [2.75, 3.05) is 0 Å². The minimum absolute atomic E-state index is 0.0945. The van der Waals surface area contributed by atoms with E-state index in [2.05, 4.69) is 20.9 Å². The van der Waals surface area contributed by atoms with Gasteiger partial charge in [0.1, 0.15) is 0 Å². The average molecular weight is 401 g/mol. The Morgan fingerprint density at radius 1 is 0.862 bits per heavy atom. The fourth-order valence-corrected chi connectivity index (χ4v) is 3.85. The van der Waals surface area contributed by atoms with Crippen molar-refractivity contribution in [3.8, 4) is 16.3 Å². The standard InChI is InChI=1S/C23H19N3O2S/c27-23(28)15-13-20-12-14-21(22-7-4-16-29-22)26(20)19-10-8-18(9-11-19)25-24-17-5-2-1-3-6-17/h1-12,14,16H,13,15H2,(H,27,28). The molecule has 144 valence electrons. The summed E-state index contributed by atoms with van der Waals surface area (Å²) >= 11 is 1.66. The molecule has 0 fully saturated rings. The number of carboxylic acid groups (broad SMARTS) is 1. The van der Waals surface area contributed by atoms with Crippen molar-refractivity contribution in [2.45, 2.75) is 12.8 Å². The molecule has 2 heterocycles. The molecule has 2 aromatic carbocycles. The maximum absolute atomic E-state index is 11.1. The fraction of sp³-hybridized carbons (Fsp3) is 0.0870. The number of aromatic nitrogens is 1. The van der Waals surface area contributed by atoms with Crippen LogP contribution in [0.1, 0.15) is 12.1 Å². The number of hydrogen-bond acceptors (Lipinski definition) is 4. The number of carbonyl (C=O) groups is 1. The highest BCUT2D eigenvalue weighted by atomic mass is 32.1. The molecule has 0 amide bonds. The van der Waals surface area contributed by atoms with Gasteiger partial charge in [-0.1, -0.05) is 24.3 Å². The van der Waals surface area contributed by atoms with E-state index in [1.165, 1.54) is 0 Å². The van der Waals surface area contributed by atoms with E-state index in [0.29, 0.717) is 6.42 Å². The van der Waals surface area contributed by atoms with Gasteiger partial charge in [0.2, 0.25) is 0 Å². The molecule has 5 nitrogen and oxygen atoms in total. The zero-order chi connectivity index (χ0) is 20.1. The molecule has 0 spiro atoms. The molecule has 2 aromatic heterocycles. The summed E-state index contributed by atoms with van der Waals surface area (Å²) < 4.78 is 2.12. The van der Waals surface area contributed by atoms with Gasteiger partial charge in [0, 0.05) is 11.4 Å². The number of carboxylic acids is 1. The monoisotopic (exact) mass is 401 g/mol. The summed E-state index contributed by atoms with van der Waals surface area (Å²) in [4.78, 5) is 12.2. The third kappa shape index (κ3) is 4.50. The van der Waals surface area contributed by atoms with Gasteiger partial charge in [0.15, 0.2) is 0 Å². The van der Waals surface area contributed by atoms with E-state index in [-0.39, 0.29) is 6.42 Å². The van der Waals surface area contributed by atoms with Crippen LogP contribution < -0.4 is 0 Å². The average Bonchev–Trinajstić information content (AvgIpc) is 3.41. The van der Waals surface area contributed by atoms with Gasteiger partial charge in [-0.05, 0) is 66.4 Å². The molecular weight excluding hydrogens is 382 g/mol. The van der Waals surface area contributed by atoms with Crippen LogP contribution in [-0.2, 0) is 11.2 Å². The SMILES string of the molecule is O=C(O)CCc1ccc(-c2cccs2)n1-c1ccc(N=Nc2ccccc2)cc1. The molecule has 6 heteroatoms. The Kier molecular flexibility index (Phi) is 5.63. The molecule has 0 bridgehead atoms. The van der Waals surface area contributed by atoms with Crippen molar-refractivity contribution in [3.05, 3.63) is 89.9 Å². The summed E-state index contributed by atoms with van der Waals surface area (Å²) in [5, 5.41) is 19.7. The van der Waals surface area contributed by atoms with Gasteiger partial charge in [-0.3, -0.25) is 4.79 Å². The van der Waals surface area contributed by atoms with E-state index < -0.39 is 5.97 Å². The summed E-state index contributed by atoms with van der Waals surface area (Å²) in [5.74, 6) is -0.799. The normalized spacial score (nSPS) is 11.2. The second-order valence-electron chi connectivity index (χ2n) is 6.47. The van der Waals surface area contributed by atoms with Crippen molar-refractivity contribution in [1.82, 2.24) is 4.57 Å². The molecule has 29 heavy (non-hydrogen) atoms. The molecule has 0 aliphatic rings. The Labute approximate surface area is 172 Å². The summed E-state index contributed by atoms with van der Waals surface area (Å²) in [6.07, 6.45) is 0.563. The number of azo groups is 1. The number of hydrogen-bond donors (Lipinski definition) is 1. The number of rotatable bonds is 7. The molecule has 0 saturated heterocycles. The lowest BCUT2D eigenvalue weighted by Crippen LogP contribution is -2.04. The second kappa shape index (κ2) is 8.67. The topological polar surface area (TPSA) is 66.9 Å². The van der Waals surface area contributed by atoms with E-state index in [1.54, 1.807) is 11.3 Å². The molecule has 1 N–H and O–H groups in total. The quantitative estimate of drug-likeness (QED) is 0.353. The molecule has 0 aliphatic carbocycles. The van der Waals surface area contributed by atoms with Gasteiger partial charge < -0.3 is 9.67 Å². The Morgan fingerprint density at radius 2 is 1.59 bits per heavy atom. The largest absolute Gasteiger partial charge is 0.481 e. The maximum Gasteiger partial charge on any atom is 0.303 e. The smallest absolute Gasteiger partial charge is 0.303 e. The lowest BCUT2D eigenvalue weighted by molar-refractivity contribution is -0.136. The summed E-state index contributed by atoms with van der Waals surface area (Å²) in [6.45, 7) is 0. The van der Waals surface area contributed by atoms with Crippen LogP contribution in [0.25, 0.3) is 16.3 Å². The molecule has 4 rings (SSSR count). The van der Waals surface area contributed by atoms with Gasteiger partial charge >= 0.3 is 5.97 Å². The molecule has 0 unspecified atom stereocenters. The first-order chi connectivity index (χ1) is 14.2. The predicted molar refractivity (Wildman–Crippen MR) is 116 cm³/mol. The van der Waals surface area contributed by atoms with Crippen molar-refractivity contribution in [1.29, 1.82) is 0 Å². The van der Waals surface area contributed by atoms with Gasteiger partial charge in [0.05, 0.1) is 28.4 Å². The highest BCUT2D eigenvalue weighted by Crippen LogP contribution is 2.31. The van der Waals surface area contributed by atoms with Crippen molar-refractivity contribution >= 4 is 28.7 Å². The Bertz CT molecular complexity index is 1110. The fourth-order valence-electron chi connectivity index (χ4n) is 3.11. The molecule has 0 saturated carbocycles. The zero-order valence-corrected chi connectivity index (χ0v) is 16.4. The van der Waals surface area contributed by atoms with Crippen LogP contribution in [-0.4, -0.2) is 15.6 Å². The molecular formula is C23H19N3O2S. The van der Waals surface area contributed by atoms with Crippen LogP contribution in [0.3, 0.4) is 0 Å². The van der Waals surface area contributed by atoms with Gasteiger partial charge in [-0.2, -0.15) is 10.2 Å². The van der Waals surface area contributed by atoms with Gasteiger partial charge in [-0.25, -0.2) is 0 Å². The van der Waals surface area contributed by atoms with E-state index in [9.17, 15) is 4.79 Å². The molecule has 0 aliphatic heterocycles. The van der Waals surface area contributed by atoms with Crippen LogP contribution >= 0.6 is 11.3 Å². The van der Waals surface area contributed by atoms with E-state index >= 15 is 0 Å². The minimum Gasteiger partial charge on any atom is -0.481 e. The number of aliphatic carboxylic acids is 1. The summed E-state index contributed by atoms with van der Waals surface area (Å²) in [7, 11) is 0. The first-order valence-corrected chi connectivity index (χ1v) is 10.1. The van der Waals surface area contributed by atoms with Crippen LogP contribution in [0, 0.1) is 0 Å². The number of benzene rings is 2. The summed E-state index contributed by atoms with van der Waals surface area (Å²) in [6, 6.07) is 25.5. The Balaban J connectivity index is 1.65. The third-order valence-corrected chi connectivity index (χ3v) is 5.37. The lowest BCUT2D eigenvalue weighted by Gasteiger charge is -2.13. The highest BCUT2D eigenvalue weighted by Gasteiger charge is 2.13. The maximum atomic E-state index is 11.1. The highest BCUT2D eigenvalue weighted by molar-refractivity contribution is 7.13.